The van der Waals surface area contributed by atoms with Crippen LogP contribution in [0.1, 0.15) is 31.7 Å². The van der Waals surface area contributed by atoms with E-state index in [1.165, 1.54) is 20.0 Å². The molecule has 2 atom stereocenters. The predicted molar refractivity (Wildman–Crippen MR) is 83.8 cm³/mol. The molecule has 0 saturated carbocycles. The SMILES string of the molecule is COC(=O)C(N)(CCN1CCCC(C)C1)c1ccccc1. The first-order valence-electron chi connectivity index (χ1n) is 7.71. The summed E-state index contributed by atoms with van der Waals surface area (Å²) in [5, 5.41) is 0. The lowest BCUT2D eigenvalue weighted by Crippen LogP contribution is -2.49. The van der Waals surface area contributed by atoms with Gasteiger partial charge in [-0.1, -0.05) is 37.3 Å². The minimum atomic E-state index is -1.06. The molecule has 0 amide bonds. The number of carbonyl (C=O) groups is 1. The maximum atomic E-state index is 12.2. The normalized spacial score (nSPS) is 22.5. The van der Waals surface area contributed by atoms with Gasteiger partial charge in [0.25, 0.3) is 0 Å². The third-order valence-corrected chi connectivity index (χ3v) is 4.40. The number of carbonyl (C=O) groups excluding carboxylic acids is 1. The molecule has 4 heteroatoms. The van der Waals surface area contributed by atoms with Crippen LogP contribution >= 0.6 is 0 Å². The van der Waals surface area contributed by atoms with E-state index in [4.69, 9.17) is 10.5 Å². The molecule has 0 spiro atoms. The standard InChI is InChI=1S/C17H26N2O2/c1-14-7-6-11-19(13-14)12-10-17(18,16(20)21-2)15-8-4-3-5-9-15/h3-5,8-9,14H,6-7,10-13,18H2,1-2H3. The summed E-state index contributed by atoms with van der Waals surface area (Å²) in [4.78, 5) is 14.6. The van der Waals surface area contributed by atoms with Crippen molar-refractivity contribution in [1.82, 2.24) is 4.90 Å². The molecule has 1 fully saturated rings. The van der Waals surface area contributed by atoms with Crippen LogP contribution < -0.4 is 5.73 Å². The summed E-state index contributed by atoms with van der Waals surface area (Å²) < 4.78 is 4.95. The lowest BCUT2D eigenvalue weighted by atomic mass is 9.87. The first kappa shape index (κ1) is 16.0. The van der Waals surface area contributed by atoms with Crippen LogP contribution in [0.5, 0.6) is 0 Å². The molecule has 0 radical (unpaired) electrons. The van der Waals surface area contributed by atoms with Gasteiger partial charge in [0.2, 0.25) is 0 Å². The van der Waals surface area contributed by atoms with Crippen molar-refractivity contribution in [2.45, 2.75) is 31.7 Å². The molecule has 1 aromatic rings. The largest absolute Gasteiger partial charge is 0.467 e. The van der Waals surface area contributed by atoms with Crippen LogP contribution in [-0.4, -0.2) is 37.6 Å². The van der Waals surface area contributed by atoms with E-state index in [0.717, 1.165) is 31.1 Å². The molecule has 1 aliphatic heterocycles. The van der Waals surface area contributed by atoms with Gasteiger partial charge < -0.3 is 15.4 Å². The van der Waals surface area contributed by atoms with Gasteiger partial charge in [0, 0.05) is 13.1 Å². The average Bonchev–Trinajstić information content (AvgIpc) is 2.52. The summed E-state index contributed by atoms with van der Waals surface area (Å²) in [6.07, 6.45) is 3.10. The molecule has 116 valence electrons. The molecule has 1 heterocycles. The third-order valence-electron chi connectivity index (χ3n) is 4.40. The minimum absolute atomic E-state index is 0.362. The number of hydrogen-bond donors (Lipinski definition) is 1. The van der Waals surface area contributed by atoms with Gasteiger partial charge in [-0.15, -0.1) is 0 Å². The van der Waals surface area contributed by atoms with Gasteiger partial charge >= 0.3 is 5.97 Å². The Labute approximate surface area is 127 Å². The lowest BCUT2D eigenvalue weighted by molar-refractivity contribution is -0.148. The van der Waals surface area contributed by atoms with E-state index in [0.29, 0.717) is 6.42 Å². The van der Waals surface area contributed by atoms with Crippen LogP contribution in [-0.2, 0) is 15.1 Å². The van der Waals surface area contributed by atoms with Gasteiger partial charge in [0.05, 0.1) is 7.11 Å². The highest BCUT2D eigenvalue weighted by Crippen LogP contribution is 2.25. The quantitative estimate of drug-likeness (QED) is 0.844. The smallest absolute Gasteiger partial charge is 0.330 e. The Hall–Kier alpha value is -1.39. The zero-order valence-corrected chi connectivity index (χ0v) is 13.0. The molecular weight excluding hydrogens is 264 g/mol. The number of rotatable bonds is 5. The zero-order valence-electron chi connectivity index (χ0n) is 13.0. The topological polar surface area (TPSA) is 55.6 Å². The molecule has 4 nitrogen and oxygen atoms in total. The second kappa shape index (κ2) is 7.05. The van der Waals surface area contributed by atoms with Crippen LogP contribution in [0.3, 0.4) is 0 Å². The second-order valence-electron chi connectivity index (χ2n) is 6.13. The number of benzene rings is 1. The highest BCUT2D eigenvalue weighted by molar-refractivity contribution is 5.82. The highest BCUT2D eigenvalue weighted by Gasteiger charge is 2.37. The molecule has 2 unspecified atom stereocenters. The molecule has 0 aromatic heterocycles. The molecule has 2 rings (SSSR count). The van der Waals surface area contributed by atoms with Crippen molar-refractivity contribution in [2.75, 3.05) is 26.7 Å². The Morgan fingerprint density at radius 1 is 1.43 bits per heavy atom. The highest BCUT2D eigenvalue weighted by atomic mass is 16.5. The summed E-state index contributed by atoms with van der Waals surface area (Å²) in [6.45, 7) is 5.28. The van der Waals surface area contributed by atoms with Crippen LogP contribution in [0.4, 0.5) is 0 Å². The number of methoxy groups -OCH3 is 1. The minimum Gasteiger partial charge on any atom is -0.467 e. The number of esters is 1. The number of nitrogens with zero attached hydrogens (tertiary/aromatic N) is 1. The van der Waals surface area contributed by atoms with Gasteiger partial charge in [-0.2, -0.15) is 0 Å². The summed E-state index contributed by atoms with van der Waals surface area (Å²) in [7, 11) is 1.40. The van der Waals surface area contributed by atoms with E-state index in [1.54, 1.807) is 0 Å². The fraction of sp³-hybridized carbons (Fsp3) is 0.588. The van der Waals surface area contributed by atoms with E-state index in [1.807, 2.05) is 30.3 Å². The van der Waals surface area contributed by atoms with Gasteiger partial charge in [0.15, 0.2) is 0 Å². The lowest BCUT2D eigenvalue weighted by Gasteiger charge is -2.34. The molecule has 1 aromatic carbocycles. The van der Waals surface area contributed by atoms with Crippen LogP contribution in [0, 0.1) is 5.92 Å². The van der Waals surface area contributed by atoms with Crippen LogP contribution in [0.15, 0.2) is 30.3 Å². The van der Waals surface area contributed by atoms with Crippen molar-refractivity contribution in [3.63, 3.8) is 0 Å². The summed E-state index contributed by atoms with van der Waals surface area (Å²) in [5.74, 6) is 0.361. The maximum absolute atomic E-state index is 12.2. The van der Waals surface area contributed by atoms with Crippen molar-refractivity contribution in [3.8, 4) is 0 Å². The average molecular weight is 290 g/mol. The first-order chi connectivity index (χ1) is 10.1. The van der Waals surface area contributed by atoms with Gasteiger partial charge in [-0.05, 0) is 37.3 Å². The van der Waals surface area contributed by atoms with Gasteiger partial charge in [-0.25, -0.2) is 4.79 Å². The van der Waals surface area contributed by atoms with E-state index in [9.17, 15) is 4.79 Å². The number of hydrogen-bond acceptors (Lipinski definition) is 4. The molecule has 1 saturated heterocycles. The number of ether oxygens (including phenoxy) is 1. The van der Waals surface area contributed by atoms with Crippen LogP contribution in [0.25, 0.3) is 0 Å². The molecule has 1 aliphatic rings. The molecule has 2 N–H and O–H groups in total. The molecule has 0 aliphatic carbocycles. The number of nitrogens with two attached hydrogens (primary N) is 1. The van der Waals surface area contributed by atoms with Crippen molar-refractivity contribution in [2.24, 2.45) is 11.7 Å². The fourth-order valence-corrected chi connectivity index (χ4v) is 3.11. The third kappa shape index (κ3) is 3.83. The van der Waals surface area contributed by atoms with E-state index in [-0.39, 0.29) is 5.97 Å². The van der Waals surface area contributed by atoms with E-state index < -0.39 is 5.54 Å². The van der Waals surface area contributed by atoms with Crippen molar-refractivity contribution in [3.05, 3.63) is 35.9 Å². The summed E-state index contributed by atoms with van der Waals surface area (Å²) in [6, 6.07) is 9.53. The molecular formula is C17H26N2O2. The van der Waals surface area contributed by atoms with Gasteiger partial charge in [0.1, 0.15) is 5.54 Å². The van der Waals surface area contributed by atoms with Gasteiger partial charge in [-0.3, -0.25) is 0 Å². The summed E-state index contributed by atoms with van der Waals surface area (Å²) >= 11 is 0. The molecule has 21 heavy (non-hydrogen) atoms. The Balaban J connectivity index is 2.08. The first-order valence-corrected chi connectivity index (χ1v) is 7.71. The Morgan fingerprint density at radius 2 is 2.14 bits per heavy atom. The molecule has 0 bridgehead atoms. The van der Waals surface area contributed by atoms with Crippen molar-refractivity contribution < 1.29 is 9.53 Å². The maximum Gasteiger partial charge on any atom is 0.330 e. The fourth-order valence-electron chi connectivity index (χ4n) is 3.11. The van der Waals surface area contributed by atoms with E-state index in [2.05, 4.69) is 11.8 Å². The van der Waals surface area contributed by atoms with Crippen LogP contribution in [0.2, 0.25) is 0 Å². The Kier molecular flexibility index (Phi) is 5.37. The predicted octanol–water partition coefficient (Wildman–Crippen LogP) is 2.14. The zero-order chi connectivity index (χ0) is 15.3. The van der Waals surface area contributed by atoms with E-state index >= 15 is 0 Å². The Bertz CT molecular complexity index is 463. The second-order valence-corrected chi connectivity index (χ2v) is 6.13. The Morgan fingerprint density at radius 3 is 2.76 bits per heavy atom. The number of piperidine rings is 1. The summed E-state index contributed by atoms with van der Waals surface area (Å²) in [5.41, 5.74) is 6.19. The number of likely N-dealkylation sites (tertiary alicyclic amines) is 1. The monoisotopic (exact) mass is 290 g/mol. The van der Waals surface area contributed by atoms with Crippen molar-refractivity contribution >= 4 is 5.97 Å². The van der Waals surface area contributed by atoms with Crippen molar-refractivity contribution in [1.29, 1.82) is 0 Å².